The van der Waals surface area contributed by atoms with E-state index in [0.29, 0.717) is 12.1 Å². The molecule has 0 saturated heterocycles. The Labute approximate surface area is 115 Å². The molecular weight excluding hydrogens is 266 g/mol. The molecule has 1 atom stereocenters. The number of thiazole rings is 1. The molecule has 1 heterocycles. The van der Waals surface area contributed by atoms with Crippen LogP contribution in [0.1, 0.15) is 35.3 Å². The molecule has 0 radical (unpaired) electrons. The Morgan fingerprint density at radius 2 is 2.16 bits per heavy atom. The maximum absolute atomic E-state index is 13.6. The number of hydrogen-bond acceptors (Lipinski definition) is 3. The van der Waals surface area contributed by atoms with E-state index >= 15 is 0 Å². The van der Waals surface area contributed by atoms with Crippen LogP contribution in [-0.2, 0) is 13.0 Å². The standard InChI is InChI=1S/C14H16F2N2S/c1-3-14-18-8-11(19-14)7-17-9(2)12-6-10(15)4-5-13(12)16/h4-6,8-9,17H,3,7H2,1-2H3. The lowest BCUT2D eigenvalue weighted by atomic mass is 10.1. The van der Waals surface area contributed by atoms with E-state index in [2.05, 4.69) is 17.2 Å². The highest BCUT2D eigenvalue weighted by Crippen LogP contribution is 2.19. The third-order valence-electron chi connectivity index (χ3n) is 2.91. The molecule has 0 aliphatic heterocycles. The van der Waals surface area contributed by atoms with Crippen LogP contribution >= 0.6 is 11.3 Å². The number of halogens is 2. The van der Waals surface area contributed by atoms with Crippen LogP contribution in [-0.4, -0.2) is 4.98 Å². The van der Waals surface area contributed by atoms with E-state index in [1.165, 1.54) is 6.07 Å². The molecule has 0 aliphatic rings. The molecule has 1 unspecified atom stereocenters. The second-order valence-corrected chi connectivity index (χ2v) is 5.54. The normalized spacial score (nSPS) is 12.6. The van der Waals surface area contributed by atoms with Gasteiger partial charge in [-0.3, -0.25) is 0 Å². The Hall–Kier alpha value is -1.33. The maximum atomic E-state index is 13.6. The highest BCUT2D eigenvalue weighted by molar-refractivity contribution is 7.11. The fraction of sp³-hybridized carbons (Fsp3) is 0.357. The average molecular weight is 282 g/mol. The zero-order valence-corrected chi connectivity index (χ0v) is 11.7. The summed E-state index contributed by atoms with van der Waals surface area (Å²) in [5, 5.41) is 4.27. The first kappa shape index (κ1) is 14.1. The van der Waals surface area contributed by atoms with E-state index in [4.69, 9.17) is 0 Å². The predicted molar refractivity (Wildman–Crippen MR) is 73.1 cm³/mol. The summed E-state index contributed by atoms with van der Waals surface area (Å²) in [5.74, 6) is -0.809. The molecule has 0 spiro atoms. The number of hydrogen-bond donors (Lipinski definition) is 1. The van der Waals surface area contributed by atoms with Crippen LogP contribution in [0.25, 0.3) is 0 Å². The molecule has 5 heteroatoms. The SMILES string of the molecule is CCc1ncc(CNC(C)c2cc(F)ccc2F)s1. The minimum Gasteiger partial charge on any atom is -0.305 e. The Morgan fingerprint density at radius 3 is 2.84 bits per heavy atom. The van der Waals surface area contributed by atoms with Gasteiger partial charge in [0.2, 0.25) is 0 Å². The Bertz CT molecular complexity index is 554. The molecule has 2 rings (SSSR count). The number of nitrogens with one attached hydrogen (secondary N) is 1. The topological polar surface area (TPSA) is 24.9 Å². The Balaban J connectivity index is 2.00. The molecule has 0 saturated carbocycles. The lowest BCUT2D eigenvalue weighted by molar-refractivity contribution is 0.520. The van der Waals surface area contributed by atoms with E-state index in [-0.39, 0.29) is 11.9 Å². The molecule has 1 N–H and O–H groups in total. The third kappa shape index (κ3) is 3.58. The predicted octanol–water partition coefficient (Wildman–Crippen LogP) is 3.83. The summed E-state index contributed by atoms with van der Waals surface area (Å²) in [6.45, 7) is 4.48. The van der Waals surface area contributed by atoms with Crippen LogP contribution in [0.5, 0.6) is 0 Å². The minimum absolute atomic E-state index is 0.247. The first-order valence-electron chi connectivity index (χ1n) is 6.22. The van der Waals surface area contributed by atoms with Gasteiger partial charge < -0.3 is 5.32 Å². The van der Waals surface area contributed by atoms with Gasteiger partial charge in [-0.2, -0.15) is 0 Å². The molecule has 2 nitrogen and oxygen atoms in total. The van der Waals surface area contributed by atoms with Crippen LogP contribution in [0.3, 0.4) is 0 Å². The van der Waals surface area contributed by atoms with Gasteiger partial charge in [0.15, 0.2) is 0 Å². The summed E-state index contributed by atoms with van der Waals surface area (Å²) >= 11 is 1.64. The summed E-state index contributed by atoms with van der Waals surface area (Å²) in [5.41, 5.74) is 0.347. The van der Waals surface area contributed by atoms with Gasteiger partial charge in [0.1, 0.15) is 11.6 Å². The van der Waals surface area contributed by atoms with Crippen molar-refractivity contribution in [3.8, 4) is 0 Å². The van der Waals surface area contributed by atoms with Gasteiger partial charge in [-0.15, -0.1) is 11.3 Å². The molecule has 2 aromatic rings. The summed E-state index contributed by atoms with van der Waals surface area (Å²) in [4.78, 5) is 5.36. The number of rotatable bonds is 5. The molecular formula is C14H16F2N2S. The van der Waals surface area contributed by atoms with Crippen molar-refractivity contribution < 1.29 is 8.78 Å². The van der Waals surface area contributed by atoms with Crippen molar-refractivity contribution in [3.63, 3.8) is 0 Å². The highest BCUT2D eigenvalue weighted by Gasteiger charge is 2.12. The molecule has 0 fully saturated rings. The fourth-order valence-corrected chi connectivity index (χ4v) is 2.62. The minimum atomic E-state index is -0.420. The van der Waals surface area contributed by atoms with Gasteiger partial charge in [-0.25, -0.2) is 13.8 Å². The largest absolute Gasteiger partial charge is 0.305 e. The van der Waals surface area contributed by atoms with Crippen LogP contribution in [0.15, 0.2) is 24.4 Å². The van der Waals surface area contributed by atoms with Crippen LogP contribution in [0.4, 0.5) is 8.78 Å². The van der Waals surface area contributed by atoms with E-state index in [1.54, 1.807) is 11.3 Å². The molecule has 1 aromatic carbocycles. The van der Waals surface area contributed by atoms with Crippen LogP contribution in [0.2, 0.25) is 0 Å². The summed E-state index contributed by atoms with van der Waals surface area (Å²) in [6, 6.07) is 3.27. The van der Waals surface area contributed by atoms with Gasteiger partial charge in [0.25, 0.3) is 0 Å². The lowest BCUT2D eigenvalue weighted by Crippen LogP contribution is -2.18. The van der Waals surface area contributed by atoms with Gasteiger partial charge in [0.05, 0.1) is 5.01 Å². The van der Waals surface area contributed by atoms with Crippen molar-refractivity contribution in [1.82, 2.24) is 10.3 Å². The van der Waals surface area contributed by atoms with E-state index in [1.807, 2.05) is 13.1 Å². The number of aryl methyl sites for hydroxylation is 1. The molecule has 0 bridgehead atoms. The van der Waals surface area contributed by atoms with Gasteiger partial charge in [-0.05, 0) is 31.5 Å². The van der Waals surface area contributed by atoms with Crippen molar-refractivity contribution in [2.45, 2.75) is 32.9 Å². The smallest absolute Gasteiger partial charge is 0.128 e. The van der Waals surface area contributed by atoms with Crippen molar-refractivity contribution in [2.75, 3.05) is 0 Å². The first-order chi connectivity index (χ1) is 9.10. The Kier molecular flexibility index (Phi) is 4.61. The fourth-order valence-electron chi connectivity index (χ4n) is 1.80. The zero-order chi connectivity index (χ0) is 13.8. The first-order valence-corrected chi connectivity index (χ1v) is 7.03. The molecule has 0 aliphatic carbocycles. The molecule has 0 amide bonds. The second-order valence-electron chi connectivity index (χ2n) is 4.34. The van der Waals surface area contributed by atoms with E-state index in [9.17, 15) is 8.78 Å². The molecule has 102 valence electrons. The maximum Gasteiger partial charge on any atom is 0.128 e. The summed E-state index contributed by atoms with van der Waals surface area (Å²) in [6.07, 6.45) is 2.74. The van der Waals surface area contributed by atoms with E-state index < -0.39 is 5.82 Å². The van der Waals surface area contributed by atoms with Crippen molar-refractivity contribution in [1.29, 1.82) is 0 Å². The summed E-state index contributed by atoms with van der Waals surface area (Å²) < 4.78 is 26.7. The van der Waals surface area contributed by atoms with Crippen LogP contribution in [0, 0.1) is 11.6 Å². The quantitative estimate of drug-likeness (QED) is 0.901. The third-order valence-corrected chi connectivity index (χ3v) is 4.05. The van der Waals surface area contributed by atoms with Crippen molar-refractivity contribution in [2.24, 2.45) is 0 Å². The van der Waals surface area contributed by atoms with Gasteiger partial charge >= 0.3 is 0 Å². The highest BCUT2D eigenvalue weighted by atomic mass is 32.1. The lowest BCUT2D eigenvalue weighted by Gasteiger charge is -2.14. The zero-order valence-electron chi connectivity index (χ0n) is 10.9. The average Bonchev–Trinajstić information content (AvgIpc) is 2.87. The second kappa shape index (κ2) is 6.21. The van der Waals surface area contributed by atoms with Crippen molar-refractivity contribution >= 4 is 11.3 Å². The number of aromatic nitrogens is 1. The molecule has 1 aromatic heterocycles. The monoisotopic (exact) mass is 282 g/mol. The number of nitrogens with zero attached hydrogens (tertiary/aromatic N) is 1. The van der Waals surface area contributed by atoms with E-state index in [0.717, 1.165) is 28.4 Å². The van der Waals surface area contributed by atoms with Gasteiger partial charge in [-0.1, -0.05) is 6.92 Å². The molecule has 19 heavy (non-hydrogen) atoms. The Morgan fingerprint density at radius 1 is 1.37 bits per heavy atom. The summed E-state index contributed by atoms with van der Waals surface area (Å²) in [7, 11) is 0. The van der Waals surface area contributed by atoms with Gasteiger partial charge in [0, 0.05) is 29.2 Å². The van der Waals surface area contributed by atoms with Crippen molar-refractivity contribution in [3.05, 3.63) is 51.5 Å². The van der Waals surface area contributed by atoms with Crippen LogP contribution < -0.4 is 5.32 Å². The number of benzene rings is 1.